The minimum Gasteiger partial charge on any atom is -0.479 e. The predicted octanol–water partition coefficient (Wildman–Crippen LogP) is 5.00. The molecule has 1 N–H and O–H groups in total. The van der Waals surface area contributed by atoms with Crippen molar-refractivity contribution in [3.8, 4) is 5.75 Å². The van der Waals surface area contributed by atoms with Gasteiger partial charge in [-0.2, -0.15) is 0 Å². The van der Waals surface area contributed by atoms with E-state index in [0.717, 1.165) is 9.26 Å². The van der Waals surface area contributed by atoms with Gasteiger partial charge in [-0.3, -0.25) is 4.79 Å². The second-order valence-electron chi connectivity index (χ2n) is 4.30. The third-order valence-electron chi connectivity index (χ3n) is 2.70. The van der Waals surface area contributed by atoms with Gasteiger partial charge in [0, 0.05) is 8.59 Å². The van der Waals surface area contributed by atoms with Crippen LogP contribution in [0.25, 0.3) is 0 Å². The van der Waals surface area contributed by atoms with Crippen LogP contribution in [0.3, 0.4) is 0 Å². The zero-order valence-corrected chi connectivity index (χ0v) is 14.7. The van der Waals surface area contributed by atoms with Gasteiger partial charge < -0.3 is 10.1 Å². The minimum absolute atomic E-state index is 0.245. The highest BCUT2D eigenvalue weighted by molar-refractivity contribution is 14.1. The fraction of sp³-hybridized carbons (Fsp3) is 0.133. The zero-order valence-electron chi connectivity index (χ0n) is 11.1. The summed E-state index contributed by atoms with van der Waals surface area (Å²) in [6.45, 7) is 1.66. The molecule has 1 atom stereocenters. The molecule has 0 unspecified atom stereocenters. The van der Waals surface area contributed by atoms with Crippen molar-refractivity contribution in [3.63, 3.8) is 0 Å². The largest absolute Gasteiger partial charge is 0.479 e. The van der Waals surface area contributed by atoms with Crippen LogP contribution in [-0.2, 0) is 4.79 Å². The maximum Gasteiger partial charge on any atom is 0.265 e. The van der Waals surface area contributed by atoms with E-state index in [-0.39, 0.29) is 5.91 Å². The van der Waals surface area contributed by atoms with Gasteiger partial charge in [-0.05, 0) is 59.8 Å². The van der Waals surface area contributed by atoms with Crippen molar-refractivity contribution < 1.29 is 9.53 Å². The number of para-hydroxylation sites is 1. The van der Waals surface area contributed by atoms with Crippen molar-refractivity contribution in [2.24, 2.45) is 0 Å². The molecule has 0 bridgehead atoms. The van der Waals surface area contributed by atoms with E-state index >= 15 is 0 Å². The van der Waals surface area contributed by atoms with Crippen LogP contribution in [-0.4, -0.2) is 12.0 Å². The van der Waals surface area contributed by atoms with Crippen molar-refractivity contribution in [1.29, 1.82) is 0 Å². The van der Waals surface area contributed by atoms with Crippen LogP contribution < -0.4 is 10.1 Å². The molecular weight excluding hydrogens is 424 g/mol. The molecule has 3 nitrogen and oxygen atoms in total. The molecule has 0 saturated heterocycles. The van der Waals surface area contributed by atoms with Gasteiger partial charge in [0.1, 0.15) is 5.75 Å². The summed E-state index contributed by atoms with van der Waals surface area (Å²) in [5.74, 6) is 0.177. The lowest BCUT2D eigenvalue weighted by Gasteiger charge is -2.16. The lowest BCUT2D eigenvalue weighted by atomic mass is 10.3. The normalized spacial score (nSPS) is 11.8. The van der Waals surface area contributed by atoms with Crippen molar-refractivity contribution in [2.75, 3.05) is 5.32 Å². The molecule has 0 aromatic heterocycles. The number of rotatable bonds is 4. The number of hydrogen-bond donors (Lipinski definition) is 1. The van der Waals surface area contributed by atoms with Gasteiger partial charge in [-0.15, -0.1) is 0 Å². The third-order valence-corrected chi connectivity index (χ3v) is 4.17. The van der Waals surface area contributed by atoms with Gasteiger partial charge in [0.25, 0.3) is 5.91 Å². The molecule has 0 fully saturated rings. The Morgan fingerprint density at radius 3 is 2.62 bits per heavy atom. The Bertz CT molecular complexity index is 664. The predicted molar refractivity (Wildman–Crippen MR) is 94.3 cm³/mol. The molecule has 0 heterocycles. The summed E-state index contributed by atoms with van der Waals surface area (Å²) in [5.41, 5.74) is 0.751. The van der Waals surface area contributed by atoms with Gasteiger partial charge in [-0.1, -0.05) is 35.3 Å². The van der Waals surface area contributed by atoms with Crippen LogP contribution in [0.4, 0.5) is 5.69 Å². The Morgan fingerprint density at radius 1 is 1.24 bits per heavy atom. The Hall–Kier alpha value is -0.980. The number of hydrogen-bond acceptors (Lipinski definition) is 2. The lowest BCUT2D eigenvalue weighted by molar-refractivity contribution is -0.122. The summed E-state index contributed by atoms with van der Waals surface area (Å²) in [4.78, 5) is 12.1. The van der Waals surface area contributed by atoms with E-state index in [9.17, 15) is 4.79 Å². The van der Waals surface area contributed by atoms with Crippen LogP contribution in [0.2, 0.25) is 10.0 Å². The molecular formula is C15H12Cl2INO2. The van der Waals surface area contributed by atoms with Gasteiger partial charge >= 0.3 is 0 Å². The van der Waals surface area contributed by atoms with Crippen LogP contribution in [0, 0.1) is 3.57 Å². The first kappa shape index (κ1) is 16.4. The summed E-state index contributed by atoms with van der Waals surface area (Å²) in [6, 6.07) is 12.4. The number of carbonyl (C=O) groups excluding carboxylic acids is 1. The number of carbonyl (C=O) groups is 1. The van der Waals surface area contributed by atoms with Crippen LogP contribution in [0.5, 0.6) is 5.75 Å². The fourth-order valence-corrected chi connectivity index (χ4v) is 2.59. The molecule has 2 rings (SSSR count). The van der Waals surface area contributed by atoms with Gasteiger partial charge in [0.15, 0.2) is 6.10 Å². The first-order valence-corrected chi connectivity index (χ1v) is 7.98. The van der Waals surface area contributed by atoms with E-state index in [1.165, 1.54) is 0 Å². The van der Waals surface area contributed by atoms with E-state index in [1.54, 1.807) is 25.1 Å². The first-order valence-electron chi connectivity index (χ1n) is 6.14. The molecule has 21 heavy (non-hydrogen) atoms. The Morgan fingerprint density at radius 2 is 1.95 bits per heavy atom. The standard InChI is InChI=1S/C15H12Cl2INO2/c1-9(21-14-7-6-10(16)8-11(14)17)15(20)19-13-5-3-2-4-12(13)18/h2-9H,1H3,(H,19,20)/t9-/m0/s1. The topological polar surface area (TPSA) is 38.3 Å². The number of benzene rings is 2. The summed E-state index contributed by atoms with van der Waals surface area (Å²) in [5, 5.41) is 3.71. The average Bonchev–Trinajstić information content (AvgIpc) is 2.44. The molecule has 2 aromatic rings. The maximum absolute atomic E-state index is 12.1. The van der Waals surface area contributed by atoms with Crippen LogP contribution in [0.15, 0.2) is 42.5 Å². The fourth-order valence-electron chi connectivity index (χ4n) is 1.61. The number of amides is 1. The number of anilines is 1. The number of nitrogens with one attached hydrogen (secondary N) is 1. The van der Waals surface area contributed by atoms with E-state index in [4.69, 9.17) is 27.9 Å². The maximum atomic E-state index is 12.1. The van der Waals surface area contributed by atoms with E-state index < -0.39 is 6.10 Å². The van der Waals surface area contributed by atoms with Gasteiger partial charge in [0.05, 0.1) is 10.7 Å². The molecule has 6 heteroatoms. The SMILES string of the molecule is C[C@H](Oc1ccc(Cl)cc1Cl)C(=O)Nc1ccccc1I. The van der Waals surface area contributed by atoms with E-state index in [0.29, 0.717) is 15.8 Å². The van der Waals surface area contributed by atoms with Gasteiger partial charge in [-0.25, -0.2) is 0 Å². The summed E-state index contributed by atoms with van der Waals surface area (Å²) < 4.78 is 6.53. The highest BCUT2D eigenvalue weighted by Gasteiger charge is 2.17. The Kier molecular flexibility index (Phi) is 5.72. The van der Waals surface area contributed by atoms with Gasteiger partial charge in [0.2, 0.25) is 0 Å². The zero-order chi connectivity index (χ0) is 15.4. The summed E-state index contributed by atoms with van der Waals surface area (Å²) in [6.07, 6.45) is -0.681. The molecule has 0 saturated carbocycles. The molecule has 2 aromatic carbocycles. The smallest absolute Gasteiger partial charge is 0.265 e. The summed E-state index contributed by atoms with van der Waals surface area (Å²) in [7, 11) is 0. The molecule has 0 aliphatic carbocycles. The molecule has 0 radical (unpaired) electrons. The number of halogens is 3. The van der Waals surface area contributed by atoms with Crippen LogP contribution in [0.1, 0.15) is 6.92 Å². The second-order valence-corrected chi connectivity index (χ2v) is 6.31. The third kappa shape index (κ3) is 4.49. The molecule has 110 valence electrons. The molecule has 0 aliphatic heterocycles. The van der Waals surface area contributed by atoms with Crippen molar-refractivity contribution in [1.82, 2.24) is 0 Å². The Balaban J connectivity index is 2.04. The van der Waals surface area contributed by atoms with Crippen LogP contribution >= 0.6 is 45.8 Å². The molecule has 0 aliphatic rings. The molecule has 1 amide bonds. The van der Waals surface area contributed by atoms with E-state index in [2.05, 4.69) is 27.9 Å². The Labute approximate surface area is 146 Å². The lowest BCUT2D eigenvalue weighted by Crippen LogP contribution is -2.30. The minimum atomic E-state index is -0.681. The average molecular weight is 436 g/mol. The van der Waals surface area contributed by atoms with Crippen molar-refractivity contribution in [2.45, 2.75) is 13.0 Å². The second kappa shape index (κ2) is 7.33. The van der Waals surface area contributed by atoms with Crippen molar-refractivity contribution in [3.05, 3.63) is 56.1 Å². The van der Waals surface area contributed by atoms with E-state index in [1.807, 2.05) is 24.3 Å². The monoisotopic (exact) mass is 435 g/mol. The number of ether oxygens (including phenoxy) is 1. The quantitative estimate of drug-likeness (QED) is 0.686. The highest BCUT2D eigenvalue weighted by atomic mass is 127. The molecule has 0 spiro atoms. The summed E-state index contributed by atoms with van der Waals surface area (Å²) >= 11 is 14.0. The van der Waals surface area contributed by atoms with Crippen molar-refractivity contribution >= 4 is 57.4 Å². The highest BCUT2D eigenvalue weighted by Crippen LogP contribution is 2.28. The first-order chi connectivity index (χ1) is 9.97.